The van der Waals surface area contributed by atoms with Crippen LogP contribution in [0.1, 0.15) is 73.1 Å². The van der Waals surface area contributed by atoms with Crippen molar-refractivity contribution in [3.05, 3.63) is 0 Å². The largest absolute Gasteiger partial charge is 0.348 e. The van der Waals surface area contributed by atoms with Gasteiger partial charge in [-0.1, -0.05) is 46.5 Å². The van der Waals surface area contributed by atoms with E-state index in [1.165, 1.54) is 32.1 Å². The van der Waals surface area contributed by atoms with Gasteiger partial charge in [0.1, 0.15) is 0 Å². The van der Waals surface area contributed by atoms with Gasteiger partial charge in [0.05, 0.1) is 12.7 Å². The van der Waals surface area contributed by atoms with E-state index in [2.05, 4.69) is 20.8 Å². The molecule has 0 spiro atoms. The van der Waals surface area contributed by atoms with Crippen molar-refractivity contribution in [3.63, 3.8) is 0 Å². The maximum Gasteiger partial charge on any atom is 0.163 e. The average molecular weight is 256 g/mol. The van der Waals surface area contributed by atoms with E-state index in [0.717, 1.165) is 24.9 Å². The van der Waals surface area contributed by atoms with E-state index < -0.39 is 0 Å². The molecule has 0 amide bonds. The smallest absolute Gasteiger partial charge is 0.163 e. The lowest BCUT2D eigenvalue weighted by atomic mass is 9.94. The lowest BCUT2D eigenvalue weighted by Gasteiger charge is -2.18. The van der Waals surface area contributed by atoms with Crippen molar-refractivity contribution in [3.8, 4) is 0 Å². The summed E-state index contributed by atoms with van der Waals surface area (Å²) in [4.78, 5) is 0. The van der Waals surface area contributed by atoms with Crippen LogP contribution in [0.3, 0.4) is 0 Å². The minimum atomic E-state index is -0.357. The molecule has 0 aromatic rings. The third-order valence-corrected chi connectivity index (χ3v) is 4.14. The molecule has 0 aliphatic carbocycles. The standard InChI is InChI=1S/C16H32O2/c1-6-13(2)8-7-9-14(3)10-11-15-12-17-16(4,5)18-15/h13-15H,6-12H2,1-5H3/t13-,14-,15-/m1/s1. The number of ether oxygens (including phenoxy) is 2. The molecule has 1 rings (SSSR count). The van der Waals surface area contributed by atoms with E-state index in [9.17, 15) is 0 Å². The molecule has 18 heavy (non-hydrogen) atoms. The first-order chi connectivity index (χ1) is 8.43. The fourth-order valence-electron chi connectivity index (χ4n) is 2.54. The molecular weight excluding hydrogens is 224 g/mol. The van der Waals surface area contributed by atoms with Gasteiger partial charge in [0.25, 0.3) is 0 Å². The van der Waals surface area contributed by atoms with E-state index >= 15 is 0 Å². The van der Waals surface area contributed by atoms with Gasteiger partial charge in [-0.3, -0.25) is 0 Å². The zero-order valence-electron chi connectivity index (χ0n) is 13.0. The maximum absolute atomic E-state index is 5.84. The summed E-state index contributed by atoms with van der Waals surface area (Å²) >= 11 is 0. The Kier molecular flexibility index (Phi) is 6.65. The van der Waals surface area contributed by atoms with Crippen LogP contribution in [0.25, 0.3) is 0 Å². The molecule has 1 aliphatic rings. The lowest BCUT2D eigenvalue weighted by Crippen LogP contribution is -2.21. The van der Waals surface area contributed by atoms with Crippen LogP contribution in [0.4, 0.5) is 0 Å². The normalized spacial score (nSPS) is 26.2. The highest BCUT2D eigenvalue weighted by Crippen LogP contribution is 2.27. The van der Waals surface area contributed by atoms with Crippen molar-refractivity contribution in [2.24, 2.45) is 11.8 Å². The summed E-state index contributed by atoms with van der Waals surface area (Å²) in [6, 6.07) is 0. The summed E-state index contributed by atoms with van der Waals surface area (Å²) < 4.78 is 11.4. The molecule has 1 saturated heterocycles. The van der Waals surface area contributed by atoms with Crippen LogP contribution < -0.4 is 0 Å². The summed E-state index contributed by atoms with van der Waals surface area (Å²) in [5.74, 6) is 1.36. The second-order valence-corrected chi connectivity index (χ2v) is 6.58. The first kappa shape index (κ1) is 16.0. The van der Waals surface area contributed by atoms with Gasteiger partial charge in [-0.25, -0.2) is 0 Å². The van der Waals surface area contributed by atoms with E-state index in [1.807, 2.05) is 13.8 Å². The van der Waals surface area contributed by atoms with E-state index in [1.54, 1.807) is 0 Å². The van der Waals surface area contributed by atoms with E-state index in [-0.39, 0.29) is 5.79 Å². The fourth-order valence-corrected chi connectivity index (χ4v) is 2.54. The summed E-state index contributed by atoms with van der Waals surface area (Å²) in [5.41, 5.74) is 0. The van der Waals surface area contributed by atoms with Crippen molar-refractivity contribution in [2.45, 2.75) is 85.0 Å². The van der Waals surface area contributed by atoms with Crippen molar-refractivity contribution in [1.82, 2.24) is 0 Å². The van der Waals surface area contributed by atoms with Gasteiger partial charge in [0, 0.05) is 0 Å². The lowest BCUT2D eigenvalue weighted by molar-refractivity contribution is -0.139. The topological polar surface area (TPSA) is 18.5 Å². The Morgan fingerprint density at radius 1 is 1.11 bits per heavy atom. The highest BCUT2D eigenvalue weighted by Gasteiger charge is 2.32. The third-order valence-electron chi connectivity index (χ3n) is 4.14. The number of hydrogen-bond donors (Lipinski definition) is 0. The van der Waals surface area contributed by atoms with Crippen LogP contribution >= 0.6 is 0 Å². The quantitative estimate of drug-likeness (QED) is 0.623. The van der Waals surface area contributed by atoms with E-state index in [0.29, 0.717) is 6.10 Å². The monoisotopic (exact) mass is 256 g/mol. The average Bonchev–Trinajstić information content (AvgIpc) is 2.66. The molecule has 1 aliphatic heterocycles. The molecule has 0 aromatic heterocycles. The number of hydrogen-bond acceptors (Lipinski definition) is 2. The van der Waals surface area contributed by atoms with Gasteiger partial charge in [-0.05, 0) is 38.5 Å². The van der Waals surface area contributed by atoms with Crippen molar-refractivity contribution in [2.75, 3.05) is 6.61 Å². The van der Waals surface area contributed by atoms with Crippen LogP contribution in [-0.4, -0.2) is 18.5 Å². The molecule has 1 heterocycles. The van der Waals surface area contributed by atoms with Gasteiger partial charge in [0.15, 0.2) is 5.79 Å². The van der Waals surface area contributed by atoms with Crippen LogP contribution in [0.15, 0.2) is 0 Å². The number of rotatable bonds is 8. The molecule has 0 unspecified atom stereocenters. The van der Waals surface area contributed by atoms with E-state index in [4.69, 9.17) is 9.47 Å². The highest BCUT2D eigenvalue weighted by atomic mass is 16.7. The van der Waals surface area contributed by atoms with Gasteiger partial charge in [-0.2, -0.15) is 0 Å². The molecule has 0 bridgehead atoms. The maximum atomic E-state index is 5.84. The molecule has 0 N–H and O–H groups in total. The van der Waals surface area contributed by atoms with Crippen LogP contribution in [0.2, 0.25) is 0 Å². The SMILES string of the molecule is CC[C@@H](C)CCC[C@@H](C)CC[C@@H]1COC(C)(C)O1. The molecular formula is C16H32O2. The Balaban J connectivity index is 2.05. The van der Waals surface area contributed by atoms with Crippen LogP contribution in [0, 0.1) is 11.8 Å². The highest BCUT2D eigenvalue weighted by molar-refractivity contribution is 4.71. The van der Waals surface area contributed by atoms with Crippen molar-refractivity contribution >= 4 is 0 Å². The summed E-state index contributed by atoms with van der Waals surface area (Å²) in [6.07, 6.45) is 8.17. The van der Waals surface area contributed by atoms with Crippen LogP contribution in [0.5, 0.6) is 0 Å². The fraction of sp³-hybridized carbons (Fsp3) is 1.00. The molecule has 1 fully saturated rings. The Morgan fingerprint density at radius 2 is 1.78 bits per heavy atom. The summed E-state index contributed by atoms with van der Waals surface area (Å²) in [5, 5.41) is 0. The molecule has 0 radical (unpaired) electrons. The molecule has 0 saturated carbocycles. The van der Waals surface area contributed by atoms with Crippen LogP contribution in [-0.2, 0) is 9.47 Å². The molecule has 2 nitrogen and oxygen atoms in total. The minimum Gasteiger partial charge on any atom is -0.348 e. The van der Waals surface area contributed by atoms with Gasteiger partial charge in [0.2, 0.25) is 0 Å². The summed E-state index contributed by atoms with van der Waals surface area (Å²) in [7, 11) is 0. The minimum absolute atomic E-state index is 0.317. The zero-order valence-corrected chi connectivity index (χ0v) is 13.0. The predicted octanol–water partition coefficient (Wildman–Crippen LogP) is 4.77. The van der Waals surface area contributed by atoms with Gasteiger partial charge >= 0.3 is 0 Å². The predicted molar refractivity (Wildman–Crippen MR) is 76.6 cm³/mol. The molecule has 0 aromatic carbocycles. The Labute approximate surface area is 113 Å². The Hall–Kier alpha value is -0.0800. The first-order valence-corrected chi connectivity index (χ1v) is 7.74. The second-order valence-electron chi connectivity index (χ2n) is 6.58. The Morgan fingerprint density at radius 3 is 2.33 bits per heavy atom. The Bertz CT molecular complexity index is 225. The second kappa shape index (κ2) is 7.49. The van der Waals surface area contributed by atoms with Crippen molar-refractivity contribution < 1.29 is 9.47 Å². The first-order valence-electron chi connectivity index (χ1n) is 7.74. The summed E-state index contributed by atoms with van der Waals surface area (Å²) in [6.45, 7) is 11.8. The zero-order chi connectivity index (χ0) is 13.6. The van der Waals surface area contributed by atoms with Crippen molar-refractivity contribution in [1.29, 1.82) is 0 Å². The van der Waals surface area contributed by atoms with Gasteiger partial charge in [-0.15, -0.1) is 0 Å². The molecule has 108 valence electrons. The molecule has 2 heteroatoms. The molecule has 3 atom stereocenters. The third kappa shape index (κ3) is 6.19. The van der Waals surface area contributed by atoms with Gasteiger partial charge < -0.3 is 9.47 Å².